The van der Waals surface area contributed by atoms with Gasteiger partial charge in [0, 0.05) is 42.6 Å². The van der Waals surface area contributed by atoms with Crippen LogP contribution in [0.4, 0.5) is 17.6 Å². The number of aliphatic hydroxyl groups is 5. The Bertz CT molecular complexity index is 4900. The molecule has 0 amide bonds. The van der Waals surface area contributed by atoms with Gasteiger partial charge >= 0.3 is 48.4 Å². The summed E-state index contributed by atoms with van der Waals surface area (Å²) in [7, 11) is -22.6. The number of aliphatic hydroxyl groups excluding tert-OH is 5. The fourth-order valence-electron chi connectivity index (χ4n) is 11.7. The number of hydrogen-bond acceptors (Lipinski definition) is 37. The molecular formula is C49H63N17O32P4. The first kappa shape index (κ1) is 74.3. The number of hydrogen-bond donors (Lipinski definition) is 15. The first-order valence-electron chi connectivity index (χ1n) is 29.9. The van der Waals surface area contributed by atoms with E-state index in [4.69, 9.17) is 77.1 Å². The number of phosphoric ester groups is 4. The van der Waals surface area contributed by atoms with E-state index in [9.17, 15) is 92.1 Å². The molecule has 0 bridgehead atoms. The zero-order valence-electron chi connectivity index (χ0n) is 52.2. The van der Waals surface area contributed by atoms with Crippen molar-refractivity contribution in [1.82, 2.24) is 67.7 Å². The number of nitrogens with zero attached hydrogens (tertiary/aromatic N) is 11. The summed E-state index contributed by atoms with van der Waals surface area (Å²) in [6, 6.07) is 1.08. The quantitative estimate of drug-likeness (QED) is 0.0225. The average molecular weight is 1530 g/mol. The van der Waals surface area contributed by atoms with Gasteiger partial charge in [0.25, 0.3) is 16.7 Å². The lowest BCUT2D eigenvalue weighted by Gasteiger charge is -2.27. The average Bonchev–Trinajstić information content (AvgIpc) is 1.62. The van der Waals surface area contributed by atoms with Crippen LogP contribution in [-0.4, -0.2) is 225 Å². The maximum absolute atomic E-state index is 14.3. The lowest BCUT2D eigenvalue weighted by atomic mass is 10.1. The van der Waals surface area contributed by atoms with Crippen molar-refractivity contribution in [3.8, 4) is 0 Å². The van der Waals surface area contributed by atoms with E-state index in [1.165, 1.54) is 24.6 Å². The highest BCUT2D eigenvalue weighted by atomic mass is 31.2. The summed E-state index contributed by atoms with van der Waals surface area (Å²) in [6.45, 7) is -2.89. The van der Waals surface area contributed by atoms with Gasteiger partial charge in [0.1, 0.15) is 103 Å². The summed E-state index contributed by atoms with van der Waals surface area (Å²) in [5.74, 6) is -0.849. The largest absolute Gasteiger partial charge is 0.472 e. The minimum absolute atomic E-state index is 0.0299. The number of nitrogens with one attached hydrogen (secondary N) is 3. The van der Waals surface area contributed by atoms with E-state index in [0.717, 1.165) is 51.1 Å². The van der Waals surface area contributed by atoms with E-state index < -0.39 is 226 Å². The Morgan fingerprint density at radius 3 is 1.53 bits per heavy atom. The molecule has 18 N–H and O–H groups in total. The Kier molecular flexibility index (Phi) is 21.1. The van der Waals surface area contributed by atoms with Gasteiger partial charge in [-0.3, -0.25) is 88.4 Å². The van der Waals surface area contributed by atoms with E-state index in [1.54, 1.807) is 0 Å². The van der Waals surface area contributed by atoms with Gasteiger partial charge in [-0.25, -0.2) is 52.6 Å². The predicted octanol–water partition coefficient (Wildman–Crippen LogP) is -5.61. The first-order valence-corrected chi connectivity index (χ1v) is 35.9. The molecule has 0 aromatic carbocycles. The van der Waals surface area contributed by atoms with Gasteiger partial charge in [-0.15, -0.1) is 0 Å². The number of imidazole rings is 2. The number of aromatic amines is 3. The van der Waals surface area contributed by atoms with E-state index in [1.807, 2.05) is 4.98 Å². The van der Waals surface area contributed by atoms with Crippen LogP contribution in [0.2, 0.25) is 0 Å². The van der Waals surface area contributed by atoms with Crippen molar-refractivity contribution in [3.05, 3.63) is 117 Å². The summed E-state index contributed by atoms with van der Waals surface area (Å²) in [5.41, 5.74) is 11.2. The van der Waals surface area contributed by atoms with Crippen molar-refractivity contribution in [2.24, 2.45) is 0 Å². The van der Waals surface area contributed by atoms with Gasteiger partial charge in [0.15, 0.2) is 41.3 Å². The topological polar surface area (TPSA) is 700 Å². The van der Waals surface area contributed by atoms with Crippen LogP contribution in [0.15, 0.2) is 72.4 Å². The third-order valence-electron chi connectivity index (χ3n) is 16.6. The standard InChI is InChI=1S/C49H63N17O32P4/c1-17-7-63(48(76)60-40(17)72)27-5-19(68)22(90-27)10-86-99(78,79)95-20-6-28(64-8-18(2)41(73)61-49(64)77)91-23(20)11-87-100(80,81)98-36-25(94-45(33(36)71)66-16-56-30-39(66)58-46(52)59-42(30)74)13-89-102(84,85)97-35-24(93-43(32(35)70)62-4-3-26(50)57-47(62)75)12-88-101(82,83)96-34-21(9-67)92-44(31(34)69)65-15-55-29-37(51)53-14-54-38(29)65/h3-4,7-8,14-16,19-25,27-28,31-36,43-45,67-71H,5-6,9-13H2,1-2H3,(H,78,79)(H,80,81)(H,82,83)(H,84,85)(H2,50,57,75)(H2,51,53,54)(H,60,72,76)(H,61,73,77)(H3,52,58,59,74)/t19?,20?,21-,22-,23-,24-,25-,27-,28-,31+,32+,33+,34?,35?,36?,43-,44-,45-/m1/s1. The molecule has 556 valence electrons. The second-order valence-electron chi connectivity index (χ2n) is 23.4. The SMILES string of the molecule is Cc1cn([C@H]2CC(O)[C@@H](COP(=O)(O)OC3C[C@H](n4cc(C)c(=O)[nH]c4=O)O[C@@H]3COP(=O)(O)OC3[C@@H](COP(=O)(O)OC4[C@@H](COP(=O)(O)OC5[C@@H](CO)O[C@@H](n6cnc7c(N)ncnc76)[C@H]5O)O[C@@H](n5ccc(N)nc5=O)[C@H]4O)O[C@@H](n4cnc5c(=O)[nH]c(N)nc54)[C@H]3O)O2)c(=O)[nH]c1=O. The van der Waals surface area contributed by atoms with E-state index in [0.29, 0.717) is 4.57 Å². The first-order chi connectivity index (χ1) is 48.1. The number of aromatic nitrogens is 14. The number of fused-ring (bicyclic) bond motifs is 2. The molecule has 22 atom stereocenters. The van der Waals surface area contributed by atoms with Crippen molar-refractivity contribution in [1.29, 1.82) is 0 Å². The number of aryl methyl sites for hydroxylation is 2. The molecule has 102 heavy (non-hydrogen) atoms. The van der Waals surface area contributed by atoms with Crippen LogP contribution < -0.4 is 50.9 Å². The summed E-state index contributed by atoms with van der Waals surface area (Å²) in [5, 5.41) is 56.1. The third kappa shape index (κ3) is 15.5. The highest BCUT2D eigenvalue weighted by Gasteiger charge is 2.55. The van der Waals surface area contributed by atoms with Crippen LogP contribution in [0.25, 0.3) is 22.3 Å². The third-order valence-corrected chi connectivity index (χ3v) is 20.5. The van der Waals surface area contributed by atoms with E-state index >= 15 is 0 Å². The normalized spacial score (nSPS) is 31.4. The maximum atomic E-state index is 14.3. The molecule has 7 aromatic heterocycles. The summed E-state index contributed by atoms with van der Waals surface area (Å²) in [4.78, 5) is 151. The minimum Gasteiger partial charge on any atom is -0.394 e. The number of nitrogen functional groups attached to an aromatic ring is 3. The molecule has 0 radical (unpaired) electrons. The number of nitrogens with two attached hydrogens (primary N) is 3. The fourth-order valence-corrected chi connectivity index (χ4v) is 15.5. The highest BCUT2D eigenvalue weighted by molar-refractivity contribution is 7.48. The zero-order valence-corrected chi connectivity index (χ0v) is 55.8. The number of phosphoric acid groups is 4. The second-order valence-corrected chi connectivity index (χ2v) is 29.0. The molecule has 5 aliphatic heterocycles. The molecule has 0 spiro atoms. The van der Waals surface area contributed by atoms with Crippen LogP contribution in [0, 0.1) is 13.8 Å². The van der Waals surface area contributed by atoms with Crippen LogP contribution in [0.1, 0.15) is 55.1 Å². The zero-order chi connectivity index (χ0) is 73.4. The molecule has 5 aliphatic rings. The van der Waals surface area contributed by atoms with Gasteiger partial charge < -0.3 is 86.0 Å². The Hall–Kier alpha value is -7.42. The van der Waals surface area contributed by atoms with Crippen molar-refractivity contribution < 1.29 is 123 Å². The second kappa shape index (κ2) is 28.9. The minimum atomic E-state index is -5.85. The molecule has 0 aliphatic carbocycles. The van der Waals surface area contributed by atoms with Gasteiger partial charge in [0.05, 0.1) is 51.8 Å². The van der Waals surface area contributed by atoms with Gasteiger partial charge in [-0.1, -0.05) is 0 Å². The smallest absolute Gasteiger partial charge is 0.394 e. The lowest BCUT2D eigenvalue weighted by Crippen LogP contribution is -2.39. The molecule has 12 heterocycles. The number of anilines is 3. The Labute approximate surface area is 565 Å². The number of rotatable bonds is 26. The van der Waals surface area contributed by atoms with Crippen molar-refractivity contribution in [2.75, 3.05) is 50.2 Å². The molecule has 12 rings (SSSR count). The molecule has 9 unspecified atom stereocenters. The number of ether oxygens (including phenoxy) is 5. The summed E-state index contributed by atoms with van der Waals surface area (Å²) < 4.78 is 132. The Balaban J connectivity index is 0.760. The predicted molar refractivity (Wildman–Crippen MR) is 330 cm³/mol. The Morgan fingerprint density at radius 2 is 0.990 bits per heavy atom. The molecule has 0 saturated carbocycles. The summed E-state index contributed by atoms with van der Waals surface area (Å²) in [6.07, 6.45) is -27.4. The van der Waals surface area contributed by atoms with Gasteiger partial charge in [-0.05, 0) is 19.9 Å². The lowest BCUT2D eigenvalue weighted by molar-refractivity contribution is -0.0648. The molecular weight excluding hydrogens is 1460 g/mol. The van der Waals surface area contributed by atoms with E-state index in [2.05, 4.69) is 39.9 Å². The molecule has 49 nitrogen and oxygen atoms in total. The summed E-state index contributed by atoms with van der Waals surface area (Å²) >= 11 is 0. The number of H-pyrrole nitrogens is 3. The van der Waals surface area contributed by atoms with E-state index in [-0.39, 0.29) is 46.0 Å². The van der Waals surface area contributed by atoms with Gasteiger partial charge in [0.2, 0.25) is 5.95 Å². The van der Waals surface area contributed by atoms with Crippen molar-refractivity contribution in [2.45, 2.75) is 137 Å². The highest BCUT2D eigenvalue weighted by Crippen LogP contribution is 2.55. The Morgan fingerprint density at radius 1 is 0.529 bits per heavy atom. The monoisotopic (exact) mass is 1530 g/mol. The fraction of sp³-hybridized carbons (Fsp3) is 0.551. The van der Waals surface area contributed by atoms with Crippen LogP contribution in [0.3, 0.4) is 0 Å². The van der Waals surface area contributed by atoms with Crippen LogP contribution in [0.5, 0.6) is 0 Å². The van der Waals surface area contributed by atoms with Crippen LogP contribution in [-0.2, 0) is 78.1 Å². The molecule has 53 heteroatoms. The molecule has 7 aromatic rings. The maximum Gasteiger partial charge on any atom is 0.472 e. The van der Waals surface area contributed by atoms with Crippen LogP contribution >= 0.6 is 31.3 Å². The van der Waals surface area contributed by atoms with Crippen molar-refractivity contribution in [3.63, 3.8) is 0 Å². The molecule has 5 fully saturated rings. The van der Waals surface area contributed by atoms with Gasteiger partial charge in [-0.2, -0.15) is 9.97 Å². The molecule has 5 saturated heterocycles. The van der Waals surface area contributed by atoms with Crippen molar-refractivity contribution >= 4 is 71.2 Å².